The molecule has 0 bridgehead atoms. The number of nitrogens with one attached hydrogen (secondary N) is 2. The van der Waals surface area contributed by atoms with Crippen LogP contribution in [-0.4, -0.2) is 16.7 Å². The van der Waals surface area contributed by atoms with Gasteiger partial charge in [0.15, 0.2) is 0 Å². The second-order valence-corrected chi connectivity index (χ2v) is 6.96. The fourth-order valence-electron chi connectivity index (χ4n) is 2.27. The minimum absolute atomic E-state index is 0.0134. The van der Waals surface area contributed by atoms with Crippen molar-refractivity contribution in [3.05, 3.63) is 81.4 Å². The number of carbonyl (C=O) groups excluding carboxylic acids is 2. The average Bonchev–Trinajstić information content (AvgIpc) is 2.64. The van der Waals surface area contributed by atoms with Crippen LogP contribution >= 0.6 is 0 Å². The lowest BCUT2D eigenvalue weighted by Crippen LogP contribution is -2.40. The summed E-state index contributed by atoms with van der Waals surface area (Å²) < 4.78 is 0. The van der Waals surface area contributed by atoms with Gasteiger partial charge in [-0.15, -0.1) is 0 Å². The van der Waals surface area contributed by atoms with Gasteiger partial charge in [-0.3, -0.25) is 30.6 Å². The van der Waals surface area contributed by atoms with E-state index >= 15 is 0 Å². The predicted octanol–water partition coefficient (Wildman–Crippen LogP) is 3.37. The van der Waals surface area contributed by atoms with Crippen LogP contribution in [0.5, 0.6) is 0 Å². The fourth-order valence-corrected chi connectivity index (χ4v) is 2.27. The van der Waals surface area contributed by atoms with E-state index in [-0.39, 0.29) is 11.1 Å². The molecule has 0 spiro atoms. The van der Waals surface area contributed by atoms with Crippen molar-refractivity contribution in [1.29, 1.82) is 0 Å². The Morgan fingerprint density at radius 3 is 2.30 bits per heavy atom. The van der Waals surface area contributed by atoms with Gasteiger partial charge in [-0.2, -0.15) is 0 Å². The van der Waals surface area contributed by atoms with Crippen LogP contribution < -0.4 is 10.9 Å². The zero-order valence-corrected chi connectivity index (χ0v) is 15.4. The number of nitrogens with zero attached hydrogens (tertiary/aromatic N) is 1. The summed E-state index contributed by atoms with van der Waals surface area (Å²) in [5, 5.41) is 10.7. The quantitative estimate of drug-likeness (QED) is 0.491. The molecule has 0 unspecified atom stereocenters. The summed E-state index contributed by atoms with van der Waals surface area (Å²) in [7, 11) is 0. The number of amides is 2. The number of hydrazine groups is 1. The second-order valence-electron chi connectivity index (χ2n) is 6.96. The van der Waals surface area contributed by atoms with Crippen molar-refractivity contribution < 1.29 is 14.5 Å². The third-order valence-corrected chi connectivity index (χ3v) is 3.82. The average molecular weight is 367 g/mol. The van der Waals surface area contributed by atoms with Crippen LogP contribution in [0.25, 0.3) is 6.08 Å². The Hall–Kier alpha value is -3.48. The van der Waals surface area contributed by atoms with E-state index in [0.717, 1.165) is 5.56 Å². The molecule has 0 aliphatic rings. The molecular formula is C20H21N3O4. The molecule has 0 heterocycles. The number of rotatable bonds is 4. The Morgan fingerprint density at radius 1 is 1.04 bits per heavy atom. The van der Waals surface area contributed by atoms with Crippen LogP contribution in [0.2, 0.25) is 0 Å². The maximum atomic E-state index is 12.1. The largest absolute Gasteiger partial charge is 0.270 e. The summed E-state index contributed by atoms with van der Waals surface area (Å²) in [6.45, 7) is 6.24. The Balaban J connectivity index is 1.92. The van der Waals surface area contributed by atoms with E-state index in [1.165, 1.54) is 30.4 Å². The Kier molecular flexibility index (Phi) is 6.07. The van der Waals surface area contributed by atoms with Crippen molar-refractivity contribution in [1.82, 2.24) is 10.9 Å². The zero-order valence-electron chi connectivity index (χ0n) is 15.4. The van der Waals surface area contributed by atoms with E-state index in [0.29, 0.717) is 11.1 Å². The van der Waals surface area contributed by atoms with Gasteiger partial charge >= 0.3 is 0 Å². The molecule has 2 N–H and O–H groups in total. The maximum absolute atomic E-state index is 12.1. The number of nitro benzene ring substituents is 1. The first kappa shape index (κ1) is 19.8. The van der Waals surface area contributed by atoms with Crippen LogP contribution in [0.1, 0.15) is 42.3 Å². The molecule has 0 atom stereocenters. The molecule has 0 saturated carbocycles. The standard InChI is InChI=1S/C20H21N3O4/c1-20(2,3)16-10-8-15(9-11-16)19(25)22-21-18(24)12-7-14-5-4-6-17(13-14)23(26)27/h4-13H,1-3H3,(H,21,24)(H,22,25)/b12-7+. The molecule has 2 rings (SSSR count). The van der Waals surface area contributed by atoms with Gasteiger partial charge in [0, 0.05) is 23.8 Å². The molecule has 140 valence electrons. The van der Waals surface area contributed by atoms with Gasteiger partial charge in [-0.05, 0) is 34.8 Å². The van der Waals surface area contributed by atoms with Crippen molar-refractivity contribution >= 4 is 23.6 Å². The number of non-ortho nitro benzene ring substituents is 1. The normalized spacial score (nSPS) is 11.2. The number of hydrogen-bond acceptors (Lipinski definition) is 4. The Labute approximate surface area is 157 Å². The lowest BCUT2D eigenvalue weighted by Gasteiger charge is -2.19. The fraction of sp³-hybridized carbons (Fsp3) is 0.200. The molecule has 7 heteroatoms. The number of carbonyl (C=O) groups is 2. The van der Waals surface area contributed by atoms with Gasteiger partial charge in [0.05, 0.1) is 4.92 Å². The molecule has 27 heavy (non-hydrogen) atoms. The zero-order chi connectivity index (χ0) is 20.0. The molecule has 0 aliphatic carbocycles. The highest BCUT2D eigenvalue weighted by Gasteiger charge is 2.14. The molecule has 2 aromatic rings. The van der Waals surface area contributed by atoms with Crippen molar-refractivity contribution in [3.8, 4) is 0 Å². The number of nitro groups is 1. The van der Waals surface area contributed by atoms with Crippen LogP contribution in [0.15, 0.2) is 54.6 Å². The summed E-state index contributed by atoms with van der Waals surface area (Å²) in [5.74, 6) is -0.992. The van der Waals surface area contributed by atoms with E-state index in [4.69, 9.17) is 0 Å². The first-order chi connectivity index (χ1) is 12.7. The van der Waals surface area contributed by atoms with E-state index in [1.807, 2.05) is 12.1 Å². The maximum Gasteiger partial charge on any atom is 0.270 e. The lowest BCUT2D eigenvalue weighted by molar-refractivity contribution is -0.384. The highest BCUT2D eigenvalue weighted by Crippen LogP contribution is 2.22. The summed E-state index contributed by atoms with van der Waals surface area (Å²) in [5.41, 5.74) is 6.55. The number of benzene rings is 2. The molecule has 2 amide bonds. The van der Waals surface area contributed by atoms with Gasteiger partial charge in [-0.1, -0.05) is 45.0 Å². The summed E-state index contributed by atoms with van der Waals surface area (Å²) in [6.07, 6.45) is 2.61. The molecular weight excluding hydrogens is 346 g/mol. The van der Waals surface area contributed by atoms with Crippen LogP contribution in [-0.2, 0) is 10.2 Å². The second kappa shape index (κ2) is 8.27. The lowest BCUT2D eigenvalue weighted by atomic mass is 9.87. The third-order valence-electron chi connectivity index (χ3n) is 3.82. The van der Waals surface area contributed by atoms with Crippen LogP contribution in [0, 0.1) is 10.1 Å². The SMILES string of the molecule is CC(C)(C)c1ccc(C(=O)NNC(=O)/C=C/c2cccc([N+](=O)[O-])c2)cc1. The Morgan fingerprint density at radius 2 is 1.70 bits per heavy atom. The highest BCUT2D eigenvalue weighted by atomic mass is 16.6. The van der Waals surface area contributed by atoms with Crippen LogP contribution in [0.3, 0.4) is 0 Å². The molecule has 0 saturated heterocycles. The predicted molar refractivity (Wildman–Crippen MR) is 103 cm³/mol. The molecule has 0 radical (unpaired) electrons. The van der Waals surface area contributed by atoms with Crippen molar-refractivity contribution in [2.45, 2.75) is 26.2 Å². The molecule has 7 nitrogen and oxygen atoms in total. The first-order valence-corrected chi connectivity index (χ1v) is 8.30. The van der Waals surface area contributed by atoms with Crippen LogP contribution in [0.4, 0.5) is 5.69 Å². The van der Waals surface area contributed by atoms with E-state index < -0.39 is 16.7 Å². The molecule has 0 aromatic heterocycles. The molecule has 2 aromatic carbocycles. The molecule has 0 aliphatic heterocycles. The minimum Gasteiger partial charge on any atom is -0.268 e. The highest BCUT2D eigenvalue weighted by molar-refractivity contribution is 5.97. The first-order valence-electron chi connectivity index (χ1n) is 8.30. The Bertz CT molecular complexity index is 881. The van der Waals surface area contributed by atoms with E-state index in [9.17, 15) is 19.7 Å². The van der Waals surface area contributed by atoms with E-state index in [1.54, 1.807) is 18.2 Å². The summed E-state index contributed by atoms with van der Waals surface area (Å²) in [6, 6.07) is 13.0. The third kappa shape index (κ3) is 5.78. The van der Waals surface area contributed by atoms with Crippen molar-refractivity contribution in [2.75, 3.05) is 0 Å². The van der Waals surface area contributed by atoms with Crippen molar-refractivity contribution in [2.24, 2.45) is 0 Å². The minimum atomic E-state index is -0.554. The monoisotopic (exact) mass is 367 g/mol. The topological polar surface area (TPSA) is 101 Å². The van der Waals surface area contributed by atoms with Gasteiger partial charge in [-0.25, -0.2) is 0 Å². The van der Waals surface area contributed by atoms with E-state index in [2.05, 4.69) is 31.6 Å². The number of hydrogen-bond donors (Lipinski definition) is 2. The summed E-state index contributed by atoms with van der Waals surface area (Å²) >= 11 is 0. The van der Waals surface area contributed by atoms with Gasteiger partial charge in [0.2, 0.25) is 0 Å². The smallest absolute Gasteiger partial charge is 0.268 e. The van der Waals surface area contributed by atoms with Gasteiger partial charge < -0.3 is 0 Å². The van der Waals surface area contributed by atoms with Gasteiger partial charge in [0.1, 0.15) is 0 Å². The molecule has 0 fully saturated rings. The summed E-state index contributed by atoms with van der Waals surface area (Å²) in [4.78, 5) is 34.1. The van der Waals surface area contributed by atoms with Crippen molar-refractivity contribution in [3.63, 3.8) is 0 Å². The van der Waals surface area contributed by atoms with Gasteiger partial charge in [0.25, 0.3) is 17.5 Å².